The second-order valence-corrected chi connectivity index (χ2v) is 7.11. The largest absolute Gasteiger partial charge is 0.493 e. The number of rotatable bonds is 7. The Labute approximate surface area is 170 Å². The minimum absolute atomic E-state index is 0.577. The molecule has 0 aliphatic carbocycles. The van der Waals surface area contributed by atoms with Gasteiger partial charge in [0, 0.05) is 38.3 Å². The van der Waals surface area contributed by atoms with Crippen LogP contribution < -0.4 is 9.47 Å². The zero-order chi connectivity index (χ0) is 20.1. The van der Waals surface area contributed by atoms with E-state index in [0.29, 0.717) is 18.3 Å². The topological polar surface area (TPSA) is 63.9 Å². The average molecular weight is 394 g/mol. The first-order valence-corrected chi connectivity index (χ1v) is 9.78. The van der Waals surface area contributed by atoms with Crippen molar-refractivity contribution in [2.45, 2.75) is 13.1 Å². The van der Waals surface area contributed by atoms with Crippen molar-refractivity contribution in [1.82, 2.24) is 20.0 Å². The molecule has 4 rings (SSSR count). The fourth-order valence-electron chi connectivity index (χ4n) is 3.55. The van der Waals surface area contributed by atoms with E-state index in [0.717, 1.165) is 49.8 Å². The SMILES string of the molecule is COc1ccc(CN2CCN(Cc3nnc(-c4ccccc4)o3)CC2)cc1OC. The van der Waals surface area contributed by atoms with Crippen molar-refractivity contribution in [2.75, 3.05) is 40.4 Å². The molecule has 1 saturated heterocycles. The predicted octanol–water partition coefficient (Wildman–Crippen LogP) is 3.07. The molecule has 3 aromatic rings. The molecular formula is C22H26N4O3. The summed E-state index contributed by atoms with van der Waals surface area (Å²) in [6.07, 6.45) is 0. The Morgan fingerprint density at radius 2 is 1.52 bits per heavy atom. The van der Waals surface area contributed by atoms with E-state index in [1.54, 1.807) is 14.2 Å². The summed E-state index contributed by atoms with van der Waals surface area (Å²) in [4.78, 5) is 4.80. The second kappa shape index (κ2) is 9.07. The van der Waals surface area contributed by atoms with Crippen molar-refractivity contribution in [2.24, 2.45) is 0 Å². The lowest BCUT2D eigenvalue weighted by Gasteiger charge is -2.34. The van der Waals surface area contributed by atoms with Gasteiger partial charge in [0.2, 0.25) is 11.8 Å². The molecule has 152 valence electrons. The van der Waals surface area contributed by atoms with Crippen LogP contribution >= 0.6 is 0 Å². The minimum atomic E-state index is 0.577. The molecule has 0 bridgehead atoms. The van der Waals surface area contributed by atoms with Crippen molar-refractivity contribution in [1.29, 1.82) is 0 Å². The lowest BCUT2D eigenvalue weighted by atomic mass is 10.1. The number of hydrogen-bond acceptors (Lipinski definition) is 7. The van der Waals surface area contributed by atoms with Crippen molar-refractivity contribution >= 4 is 0 Å². The molecule has 0 saturated carbocycles. The van der Waals surface area contributed by atoms with Crippen LogP contribution in [0, 0.1) is 0 Å². The Balaban J connectivity index is 1.29. The normalized spacial score (nSPS) is 15.4. The van der Waals surface area contributed by atoms with Gasteiger partial charge in [0.25, 0.3) is 0 Å². The fourth-order valence-corrected chi connectivity index (χ4v) is 3.55. The monoisotopic (exact) mass is 394 g/mol. The summed E-state index contributed by atoms with van der Waals surface area (Å²) in [7, 11) is 3.32. The van der Waals surface area contributed by atoms with Crippen LogP contribution in [0.15, 0.2) is 52.9 Å². The van der Waals surface area contributed by atoms with Gasteiger partial charge in [-0.1, -0.05) is 24.3 Å². The predicted molar refractivity (Wildman–Crippen MR) is 110 cm³/mol. The zero-order valence-corrected chi connectivity index (χ0v) is 16.9. The Hall–Kier alpha value is -2.90. The lowest BCUT2D eigenvalue weighted by Crippen LogP contribution is -2.45. The van der Waals surface area contributed by atoms with Gasteiger partial charge in [-0.05, 0) is 29.8 Å². The van der Waals surface area contributed by atoms with Gasteiger partial charge in [0.05, 0.1) is 20.8 Å². The molecule has 2 heterocycles. The maximum atomic E-state index is 5.84. The summed E-state index contributed by atoms with van der Waals surface area (Å²) in [6.45, 7) is 5.51. The van der Waals surface area contributed by atoms with Gasteiger partial charge in [0.15, 0.2) is 11.5 Å². The molecule has 0 unspecified atom stereocenters. The maximum absolute atomic E-state index is 5.84. The molecule has 29 heavy (non-hydrogen) atoms. The number of methoxy groups -OCH3 is 2. The van der Waals surface area contributed by atoms with Gasteiger partial charge in [0.1, 0.15) is 0 Å². The van der Waals surface area contributed by atoms with Gasteiger partial charge < -0.3 is 13.9 Å². The van der Waals surface area contributed by atoms with Crippen molar-refractivity contribution in [3.05, 3.63) is 60.0 Å². The van der Waals surface area contributed by atoms with Crippen LogP contribution in [0.25, 0.3) is 11.5 Å². The summed E-state index contributed by atoms with van der Waals surface area (Å²) >= 11 is 0. The molecular weight excluding hydrogens is 368 g/mol. The van der Waals surface area contributed by atoms with Crippen molar-refractivity contribution < 1.29 is 13.9 Å². The highest BCUT2D eigenvalue weighted by molar-refractivity contribution is 5.51. The van der Waals surface area contributed by atoms with Crippen LogP contribution in [-0.2, 0) is 13.1 Å². The quantitative estimate of drug-likeness (QED) is 0.610. The van der Waals surface area contributed by atoms with Crippen LogP contribution in [0.4, 0.5) is 0 Å². The second-order valence-electron chi connectivity index (χ2n) is 7.11. The molecule has 0 radical (unpaired) electrons. The van der Waals surface area contributed by atoms with Crippen molar-refractivity contribution in [3.63, 3.8) is 0 Å². The summed E-state index contributed by atoms with van der Waals surface area (Å²) in [5.74, 6) is 2.77. The molecule has 0 N–H and O–H groups in total. The van der Waals surface area contributed by atoms with Crippen molar-refractivity contribution in [3.8, 4) is 23.0 Å². The van der Waals surface area contributed by atoms with Crippen LogP contribution in [0.5, 0.6) is 11.5 Å². The van der Waals surface area contributed by atoms with E-state index in [9.17, 15) is 0 Å². The van der Waals surface area contributed by atoms with Gasteiger partial charge in [-0.2, -0.15) is 0 Å². The summed E-state index contributed by atoms with van der Waals surface area (Å²) < 4.78 is 16.6. The first kappa shape index (κ1) is 19.4. The molecule has 1 aromatic heterocycles. The van der Waals surface area contributed by atoms with Gasteiger partial charge in [-0.15, -0.1) is 10.2 Å². The molecule has 0 spiro atoms. The van der Waals surface area contributed by atoms with Gasteiger partial charge in [-0.25, -0.2) is 0 Å². The molecule has 1 aliphatic heterocycles. The molecule has 2 aromatic carbocycles. The first-order chi connectivity index (χ1) is 14.2. The van der Waals surface area contributed by atoms with E-state index in [2.05, 4.69) is 32.1 Å². The summed E-state index contributed by atoms with van der Waals surface area (Å²) in [5.41, 5.74) is 2.17. The standard InChI is InChI=1S/C22H26N4O3/c1-27-19-9-8-17(14-20(19)28-2)15-25-10-12-26(13-11-25)16-21-23-24-22(29-21)18-6-4-3-5-7-18/h3-9,14H,10-13,15-16H2,1-2H3. The van der Waals surface area contributed by atoms with Crippen LogP contribution in [0.3, 0.4) is 0 Å². The van der Waals surface area contributed by atoms with E-state index < -0.39 is 0 Å². The maximum Gasteiger partial charge on any atom is 0.247 e. The van der Waals surface area contributed by atoms with E-state index in [1.807, 2.05) is 36.4 Å². The third-order valence-electron chi connectivity index (χ3n) is 5.17. The Bertz CT molecular complexity index is 921. The Kier molecular flexibility index (Phi) is 6.07. The molecule has 7 heteroatoms. The van der Waals surface area contributed by atoms with Crippen LogP contribution in [-0.4, -0.2) is 60.4 Å². The molecule has 0 atom stereocenters. The van der Waals surface area contributed by atoms with E-state index >= 15 is 0 Å². The number of benzene rings is 2. The molecule has 1 aliphatic rings. The highest BCUT2D eigenvalue weighted by Gasteiger charge is 2.20. The molecule has 7 nitrogen and oxygen atoms in total. The molecule has 1 fully saturated rings. The Morgan fingerprint density at radius 1 is 0.828 bits per heavy atom. The highest BCUT2D eigenvalue weighted by Crippen LogP contribution is 2.28. The zero-order valence-electron chi connectivity index (χ0n) is 16.9. The first-order valence-electron chi connectivity index (χ1n) is 9.78. The van der Waals surface area contributed by atoms with Crippen LogP contribution in [0.2, 0.25) is 0 Å². The van der Waals surface area contributed by atoms with E-state index in [1.165, 1.54) is 5.56 Å². The highest BCUT2D eigenvalue weighted by atomic mass is 16.5. The number of piperazine rings is 1. The summed E-state index contributed by atoms with van der Waals surface area (Å²) in [5, 5.41) is 8.39. The third-order valence-corrected chi connectivity index (χ3v) is 5.17. The number of aromatic nitrogens is 2. The number of hydrogen-bond donors (Lipinski definition) is 0. The molecule has 0 amide bonds. The van der Waals surface area contributed by atoms with Gasteiger partial charge >= 0.3 is 0 Å². The number of nitrogens with zero attached hydrogens (tertiary/aromatic N) is 4. The average Bonchev–Trinajstić information content (AvgIpc) is 3.24. The summed E-state index contributed by atoms with van der Waals surface area (Å²) in [6, 6.07) is 16.0. The smallest absolute Gasteiger partial charge is 0.247 e. The number of ether oxygens (including phenoxy) is 2. The lowest BCUT2D eigenvalue weighted by molar-refractivity contribution is 0.114. The fraction of sp³-hybridized carbons (Fsp3) is 0.364. The minimum Gasteiger partial charge on any atom is -0.493 e. The van der Waals surface area contributed by atoms with E-state index in [-0.39, 0.29) is 0 Å². The van der Waals surface area contributed by atoms with E-state index in [4.69, 9.17) is 13.9 Å². The third kappa shape index (κ3) is 4.75. The van der Waals surface area contributed by atoms with Gasteiger partial charge in [-0.3, -0.25) is 9.80 Å². The van der Waals surface area contributed by atoms with Crippen LogP contribution in [0.1, 0.15) is 11.5 Å². The Morgan fingerprint density at radius 3 is 2.21 bits per heavy atom.